The topological polar surface area (TPSA) is 73.3 Å². The van der Waals surface area contributed by atoms with Gasteiger partial charge in [0.15, 0.2) is 0 Å². The summed E-state index contributed by atoms with van der Waals surface area (Å²) in [6.45, 7) is 0. The zero-order valence-corrected chi connectivity index (χ0v) is 11.6. The number of amides is 1. The Morgan fingerprint density at radius 2 is 1.75 bits per heavy atom. The van der Waals surface area contributed by atoms with Gasteiger partial charge in [0.25, 0.3) is 5.91 Å². The third kappa shape index (κ3) is 3.16. The van der Waals surface area contributed by atoms with Crippen LogP contribution >= 0.6 is 11.6 Å². The molecule has 0 saturated heterocycles. The molecule has 0 radical (unpaired) electrons. The third-order valence-electron chi connectivity index (χ3n) is 2.44. The second-order valence-corrected chi connectivity index (χ2v) is 4.12. The van der Waals surface area contributed by atoms with Crippen LogP contribution in [0.1, 0.15) is 10.4 Å². The molecule has 0 saturated carbocycles. The molecule has 7 heteroatoms. The lowest BCUT2D eigenvalue weighted by atomic mass is 10.2. The van der Waals surface area contributed by atoms with Crippen molar-refractivity contribution in [1.82, 2.24) is 9.97 Å². The molecular formula is C13H12ClN3O3. The van der Waals surface area contributed by atoms with E-state index < -0.39 is 5.91 Å². The molecule has 2 rings (SSSR count). The Labute approximate surface area is 120 Å². The van der Waals surface area contributed by atoms with Gasteiger partial charge in [-0.1, -0.05) is 23.7 Å². The van der Waals surface area contributed by atoms with Crippen molar-refractivity contribution < 1.29 is 14.3 Å². The van der Waals surface area contributed by atoms with Crippen molar-refractivity contribution in [3.05, 3.63) is 40.9 Å². The van der Waals surface area contributed by atoms with Crippen LogP contribution in [-0.4, -0.2) is 30.1 Å². The summed E-state index contributed by atoms with van der Waals surface area (Å²) in [5.74, 6) is 0.231. The van der Waals surface area contributed by atoms with Crippen molar-refractivity contribution in [2.45, 2.75) is 0 Å². The van der Waals surface area contributed by atoms with Crippen LogP contribution in [0.2, 0.25) is 5.02 Å². The van der Waals surface area contributed by atoms with E-state index in [1.165, 1.54) is 20.3 Å². The summed E-state index contributed by atoms with van der Waals surface area (Å²) in [4.78, 5) is 20.1. The predicted molar refractivity (Wildman–Crippen MR) is 74.5 cm³/mol. The average Bonchev–Trinajstić information content (AvgIpc) is 2.47. The van der Waals surface area contributed by atoms with Gasteiger partial charge in [0, 0.05) is 0 Å². The molecule has 1 aromatic heterocycles. The van der Waals surface area contributed by atoms with Gasteiger partial charge in [-0.2, -0.15) is 9.97 Å². The summed E-state index contributed by atoms with van der Waals surface area (Å²) in [6.07, 6.45) is 0. The maximum atomic E-state index is 12.1. The van der Waals surface area contributed by atoms with Gasteiger partial charge in [0.05, 0.1) is 30.9 Å². The molecule has 20 heavy (non-hydrogen) atoms. The summed E-state index contributed by atoms with van der Waals surface area (Å²) in [5.41, 5.74) is 0.333. The number of methoxy groups -OCH3 is 2. The second kappa shape index (κ2) is 6.21. The van der Waals surface area contributed by atoms with E-state index in [0.717, 1.165) is 0 Å². The second-order valence-electron chi connectivity index (χ2n) is 3.71. The van der Waals surface area contributed by atoms with Crippen LogP contribution in [0.5, 0.6) is 11.8 Å². The molecule has 0 fully saturated rings. The van der Waals surface area contributed by atoms with Crippen LogP contribution in [0.15, 0.2) is 30.3 Å². The molecule has 0 spiro atoms. The molecule has 6 nitrogen and oxygen atoms in total. The molecule has 1 amide bonds. The summed E-state index contributed by atoms with van der Waals surface area (Å²) in [5, 5.41) is 2.89. The van der Waals surface area contributed by atoms with Crippen molar-refractivity contribution >= 4 is 23.5 Å². The van der Waals surface area contributed by atoms with E-state index in [2.05, 4.69) is 15.3 Å². The SMILES string of the molecule is COc1cc(OC)nc(NC(=O)c2ccccc2Cl)n1. The quantitative estimate of drug-likeness (QED) is 0.937. The lowest BCUT2D eigenvalue weighted by Crippen LogP contribution is -2.15. The first-order chi connectivity index (χ1) is 9.63. The van der Waals surface area contributed by atoms with Gasteiger partial charge in [-0.05, 0) is 12.1 Å². The third-order valence-corrected chi connectivity index (χ3v) is 2.77. The average molecular weight is 294 g/mol. The number of nitrogens with one attached hydrogen (secondary N) is 1. The van der Waals surface area contributed by atoms with E-state index >= 15 is 0 Å². The molecule has 0 aliphatic carbocycles. The molecule has 2 aromatic rings. The lowest BCUT2D eigenvalue weighted by molar-refractivity contribution is 0.102. The molecule has 1 N–H and O–H groups in total. The smallest absolute Gasteiger partial charge is 0.259 e. The first-order valence-electron chi connectivity index (χ1n) is 5.67. The largest absolute Gasteiger partial charge is 0.481 e. The fourth-order valence-corrected chi connectivity index (χ4v) is 1.70. The fraction of sp³-hybridized carbons (Fsp3) is 0.154. The van der Waals surface area contributed by atoms with Crippen molar-refractivity contribution in [2.24, 2.45) is 0 Å². The maximum absolute atomic E-state index is 12.1. The normalized spacial score (nSPS) is 9.95. The molecule has 0 aliphatic rings. The molecule has 104 valence electrons. The van der Waals surface area contributed by atoms with Gasteiger partial charge in [-0.15, -0.1) is 0 Å². The van der Waals surface area contributed by atoms with E-state index in [-0.39, 0.29) is 17.7 Å². The summed E-state index contributed by atoms with van der Waals surface area (Å²) in [6, 6.07) is 8.20. The number of halogens is 1. The highest BCUT2D eigenvalue weighted by atomic mass is 35.5. The highest BCUT2D eigenvalue weighted by Gasteiger charge is 2.13. The Kier molecular flexibility index (Phi) is 4.37. The molecule has 0 aliphatic heterocycles. The summed E-state index contributed by atoms with van der Waals surface area (Å²) >= 11 is 5.95. The molecule has 0 atom stereocenters. The number of rotatable bonds is 4. The highest BCUT2D eigenvalue weighted by Crippen LogP contribution is 2.19. The van der Waals surface area contributed by atoms with Crippen LogP contribution in [0.4, 0.5) is 5.95 Å². The van der Waals surface area contributed by atoms with Gasteiger partial charge in [0.1, 0.15) is 0 Å². The minimum Gasteiger partial charge on any atom is -0.481 e. The number of nitrogens with zero attached hydrogens (tertiary/aromatic N) is 2. The van der Waals surface area contributed by atoms with Gasteiger partial charge < -0.3 is 9.47 Å². The zero-order valence-electron chi connectivity index (χ0n) is 10.9. The van der Waals surface area contributed by atoms with Gasteiger partial charge in [-0.25, -0.2) is 0 Å². The Morgan fingerprint density at radius 3 is 2.30 bits per heavy atom. The van der Waals surface area contributed by atoms with E-state index in [4.69, 9.17) is 21.1 Å². The van der Waals surface area contributed by atoms with Crippen molar-refractivity contribution in [3.8, 4) is 11.8 Å². The van der Waals surface area contributed by atoms with E-state index in [1.54, 1.807) is 24.3 Å². The first kappa shape index (κ1) is 14.1. The predicted octanol–water partition coefficient (Wildman–Crippen LogP) is 2.40. The minimum absolute atomic E-state index is 0.0751. The van der Waals surface area contributed by atoms with Crippen molar-refractivity contribution in [1.29, 1.82) is 0 Å². The number of aromatic nitrogens is 2. The van der Waals surface area contributed by atoms with Gasteiger partial charge in [-0.3, -0.25) is 10.1 Å². The van der Waals surface area contributed by atoms with Gasteiger partial charge in [0.2, 0.25) is 17.7 Å². The number of hydrogen-bond acceptors (Lipinski definition) is 5. The van der Waals surface area contributed by atoms with Crippen molar-refractivity contribution in [2.75, 3.05) is 19.5 Å². The monoisotopic (exact) mass is 293 g/mol. The zero-order chi connectivity index (χ0) is 14.5. The fourth-order valence-electron chi connectivity index (χ4n) is 1.48. The molecule has 1 heterocycles. The Balaban J connectivity index is 2.26. The van der Waals surface area contributed by atoms with Crippen LogP contribution in [0.3, 0.4) is 0 Å². The minimum atomic E-state index is -0.411. The summed E-state index contributed by atoms with van der Waals surface area (Å²) < 4.78 is 10.00. The number of carbonyl (C=O) groups is 1. The number of anilines is 1. The van der Waals surface area contributed by atoms with Gasteiger partial charge >= 0.3 is 0 Å². The molecule has 0 bridgehead atoms. The maximum Gasteiger partial charge on any atom is 0.259 e. The first-order valence-corrected chi connectivity index (χ1v) is 6.04. The van der Waals surface area contributed by atoms with E-state index in [0.29, 0.717) is 10.6 Å². The Morgan fingerprint density at radius 1 is 1.15 bits per heavy atom. The lowest BCUT2D eigenvalue weighted by Gasteiger charge is -2.08. The molecule has 1 aromatic carbocycles. The number of hydrogen-bond donors (Lipinski definition) is 1. The molecule has 0 unspecified atom stereocenters. The molecular weight excluding hydrogens is 282 g/mol. The summed E-state index contributed by atoms with van der Waals surface area (Å²) in [7, 11) is 2.92. The standard InChI is InChI=1S/C13H12ClN3O3/c1-19-10-7-11(20-2)16-13(15-10)17-12(18)8-5-3-4-6-9(8)14/h3-7H,1-2H3,(H,15,16,17,18). The Bertz CT molecular complexity index is 612. The van der Waals surface area contributed by atoms with E-state index in [1.807, 2.05) is 0 Å². The van der Waals surface area contributed by atoms with Crippen LogP contribution in [-0.2, 0) is 0 Å². The number of ether oxygens (including phenoxy) is 2. The van der Waals surface area contributed by atoms with Crippen LogP contribution < -0.4 is 14.8 Å². The van der Waals surface area contributed by atoms with Crippen LogP contribution in [0, 0.1) is 0 Å². The Hall–Kier alpha value is -2.34. The van der Waals surface area contributed by atoms with E-state index in [9.17, 15) is 4.79 Å². The highest BCUT2D eigenvalue weighted by molar-refractivity contribution is 6.34. The van der Waals surface area contributed by atoms with Crippen molar-refractivity contribution in [3.63, 3.8) is 0 Å². The van der Waals surface area contributed by atoms with Crippen LogP contribution in [0.25, 0.3) is 0 Å². The number of carbonyl (C=O) groups excluding carboxylic acids is 1. The number of benzene rings is 1.